The number of aryl methyl sites for hydroxylation is 1. The van der Waals surface area contributed by atoms with Crippen molar-refractivity contribution in [2.75, 3.05) is 6.54 Å². The Hall–Kier alpha value is -1.62. The second-order valence-electron chi connectivity index (χ2n) is 6.19. The summed E-state index contributed by atoms with van der Waals surface area (Å²) in [5.74, 6) is 0. The van der Waals surface area contributed by atoms with Crippen LogP contribution < -0.4 is 10.6 Å². The fourth-order valence-electron chi connectivity index (χ4n) is 1.77. The highest BCUT2D eigenvalue weighted by atomic mass is 16.6. The highest BCUT2D eigenvalue weighted by Crippen LogP contribution is 2.07. The first-order chi connectivity index (χ1) is 9.80. The smallest absolute Gasteiger partial charge is 0.407 e. The third kappa shape index (κ3) is 7.66. The van der Waals surface area contributed by atoms with E-state index in [9.17, 15) is 4.79 Å². The lowest BCUT2D eigenvalue weighted by Crippen LogP contribution is -2.43. The van der Waals surface area contributed by atoms with Crippen LogP contribution >= 0.6 is 0 Å². The molecule has 0 radical (unpaired) electrons. The van der Waals surface area contributed by atoms with E-state index in [0.717, 1.165) is 24.2 Å². The van der Waals surface area contributed by atoms with Crippen molar-refractivity contribution < 1.29 is 9.53 Å². The second-order valence-corrected chi connectivity index (χ2v) is 6.19. The maximum atomic E-state index is 11.7. The van der Waals surface area contributed by atoms with Crippen LogP contribution in [0.5, 0.6) is 0 Å². The molecule has 1 atom stereocenters. The summed E-state index contributed by atoms with van der Waals surface area (Å²) in [6.45, 7) is 11.0. The zero-order chi connectivity index (χ0) is 15.9. The number of carbonyl (C=O) groups excluding carboxylic acids is 1. The highest BCUT2D eigenvalue weighted by molar-refractivity contribution is 5.68. The largest absolute Gasteiger partial charge is 0.444 e. The lowest BCUT2D eigenvalue weighted by Gasteiger charge is -2.23. The molecule has 5 heteroatoms. The van der Waals surface area contributed by atoms with Gasteiger partial charge in [-0.15, -0.1) is 0 Å². The van der Waals surface area contributed by atoms with Crippen molar-refractivity contribution in [1.82, 2.24) is 15.6 Å². The maximum Gasteiger partial charge on any atom is 0.407 e. The van der Waals surface area contributed by atoms with E-state index >= 15 is 0 Å². The summed E-state index contributed by atoms with van der Waals surface area (Å²) in [5, 5.41) is 6.21. The Morgan fingerprint density at radius 1 is 1.38 bits per heavy atom. The third-order valence-electron chi connectivity index (χ3n) is 2.91. The average Bonchev–Trinajstić information content (AvgIpc) is 2.37. The highest BCUT2D eigenvalue weighted by Gasteiger charge is 2.18. The monoisotopic (exact) mass is 293 g/mol. The quantitative estimate of drug-likeness (QED) is 0.846. The molecule has 0 aliphatic rings. The molecule has 0 fully saturated rings. The van der Waals surface area contributed by atoms with E-state index in [-0.39, 0.29) is 12.1 Å². The molecule has 0 aliphatic carbocycles. The molecule has 2 N–H and O–H groups in total. The van der Waals surface area contributed by atoms with E-state index in [1.807, 2.05) is 46.9 Å². The number of aromatic nitrogens is 1. The first-order valence-corrected chi connectivity index (χ1v) is 7.42. The number of hydrogen-bond donors (Lipinski definition) is 2. The van der Waals surface area contributed by atoms with Gasteiger partial charge in [-0.1, -0.05) is 13.0 Å². The van der Waals surface area contributed by atoms with Gasteiger partial charge in [-0.05, 0) is 45.7 Å². The molecule has 1 amide bonds. The summed E-state index contributed by atoms with van der Waals surface area (Å²) in [6, 6.07) is 4.10. The van der Waals surface area contributed by atoms with E-state index in [2.05, 4.69) is 21.7 Å². The predicted molar refractivity (Wildman–Crippen MR) is 84.1 cm³/mol. The van der Waals surface area contributed by atoms with Crippen LogP contribution in [0.1, 0.15) is 45.4 Å². The Labute approximate surface area is 127 Å². The molecular formula is C16H27N3O2. The molecule has 118 valence electrons. The SMILES string of the molecule is CCC(CNCc1ccc(C)nc1)NC(=O)OC(C)(C)C. The van der Waals surface area contributed by atoms with Crippen molar-refractivity contribution in [2.24, 2.45) is 0 Å². The average molecular weight is 293 g/mol. The Morgan fingerprint density at radius 3 is 2.62 bits per heavy atom. The lowest BCUT2D eigenvalue weighted by molar-refractivity contribution is 0.0502. The molecule has 0 saturated heterocycles. The van der Waals surface area contributed by atoms with Gasteiger partial charge in [0, 0.05) is 31.0 Å². The summed E-state index contributed by atoms with van der Waals surface area (Å²) in [4.78, 5) is 16.0. The van der Waals surface area contributed by atoms with E-state index in [4.69, 9.17) is 4.74 Å². The van der Waals surface area contributed by atoms with Gasteiger partial charge in [0.15, 0.2) is 0 Å². The van der Waals surface area contributed by atoms with Crippen LogP contribution in [-0.2, 0) is 11.3 Å². The summed E-state index contributed by atoms with van der Waals surface area (Å²) in [7, 11) is 0. The Kier molecular flexibility index (Phi) is 6.62. The molecule has 21 heavy (non-hydrogen) atoms. The van der Waals surface area contributed by atoms with Gasteiger partial charge < -0.3 is 15.4 Å². The van der Waals surface area contributed by atoms with Gasteiger partial charge in [0.25, 0.3) is 0 Å². The van der Waals surface area contributed by atoms with E-state index in [1.165, 1.54) is 0 Å². The molecule has 1 aromatic heterocycles. The van der Waals surface area contributed by atoms with Crippen molar-refractivity contribution in [3.8, 4) is 0 Å². The summed E-state index contributed by atoms with van der Waals surface area (Å²) < 4.78 is 5.26. The van der Waals surface area contributed by atoms with Crippen LogP contribution in [0.4, 0.5) is 4.79 Å². The van der Waals surface area contributed by atoms with Crippen LogP contribution in [0, 0.1) is 6.92 Å². The van der Waals surface area contributed by atoms with Crippen molar-refractivity contribution in [2.45, 2.75) is 59.2 Å². The van der Waals surface area contributed by atoms with E-state index in [1.54, 1.807) is 0 Å². The number of hydrogen-bond acceptors (Lipinski definition) is 4. The van der Waals surface area contributed by atoms with Crippen molar-refractivity contribution in [3.63, 3.8) is 0 Å². The molecule has 1 unspecified atom stereocenters. The molecule has 1 heterocycles. The van der Waals surface area contributed by atoms with Crippen molar-refractivity contribution in [3.05, 3.63) is 29.6 Å². The number of nitrogens with one attached hydrogen (secondary N) is 2. The number of carbonyl (C=O) groups is 1. The molecule has 5 nitrogen and oxygen atoms in total. The van der Waals surface area contributed by atoms with Crippen LogP contribution in [0.15, 0.2) is 18.3 Å². The normalized spacial score (nSPS) is 12.8. The van der Waals surface area contributed by atoms with Gasteiger partial charge in [-0.25, -0.2) is 4.79 Å². The molecular weight excluding hydrogens is 266 g/mol. The topological polar surface area (TPSA) is 63.2 Å². The zero-order valence-corrected chi connectivity index (χ0v) is 13.7. The summed E-state index contributed by atoms with van der Waals surface area (Å²) in [6.07, 6.45) is 2.34. The number of alkyl carbamates (subject to hydrolysis) is 1. The van der Waals surface area contributed by atoms with Crippen LogP contribution in [-0.4, -0.2) is 29.3 Å². The molecule has 0 aromatic carbocycles. The lowest BCUT2D eigenvalue weighted by atomic mass is 10.2. The van der Waals surface area contributed by atoms with Crippen molar-refractivity contribution in [1.29, 1.82) is 0 Å². The number of nitrogens with zero attached hydrogens (tertiary/aromatic N) is 1. The third-order valence-corrected chi connectivity index (χ3v) is 2.91. The van der Waals surface area contributed by atoms with Gasteiger partial charge in [0.2, 0.25) is 0 Å². The molecule has 0 aliphatic heterocycles. The number of pyridine rings is 1. The van der Waals surface area contributed by atoms with Gasteiger partial charge in [0.05, 0.1) is 0 Å². The maximum absolute atomic E-state index is 11.7. The molecule has 0 spiro atoms. The Bertz CT molecular complexity index is 438. The van der Waals surface area contributed by atoms with Gasteiger partial charge in [0.1, 0.15) is 5.60 Å². The fraction of sp³-hybridized carbons (Fsp3) is 0.625. The standard InChI is InChI=1S/C16H27N3O2/c1-6-14(19-15(20)21-16(3,4)5)11-17-9-13-8-7-12(2)18-10-13/h7-8,10,14,17H,6,9,11H2,1-5H3,(H,19,20). The molecule has 1 rings (SSSR count). The second kappa shape index (κ2) is 7.98. The van der Waals surface area contributed by atoms with Gasteiger partial charge >= 0.3 is 6.09 Å². The molecule has 1 aromatic rings. The molecule has 0 saturated carbocycles. The Balaban J connectivity index is 2.34. The van der Waals surface area contributed by atoms with E-state index < -0.39 is 5.60 Å². The predicted octanol–water partition coefficient (Wildman–Crippen LogP) is 2.78. The van der Waals surface area contributed by atoms with Crippen LogP contribution in [0.2, 0.25) is 0 Å². The number of rotatable bonds is 6. The molecule has 0 bridgehead atoms. The number of amides is 1. The summed E-state index contributed by atoms with van der Waals surface area (Å²) >= 11 is 0. The van der Waals surface area contributed by atoms with E-state index in [0.29, 0.717) is 6.54 Å². The van der Waals surface area contributed by atoms with Crippen LogP contribution in [0.25, 0.3) is 0 Å². The zero-order valence-electron chi connectivity index (χ0n) is 13.7. The minimum Gasteiger partial charge on any atom is -0.444 e. The first-order valence-electron chi connectivity index (χ1n) is 7.42. The first kappa shape index (κ1) is 17.4. The van der Waals surface area contributed by atoms with Crippen LogP contribution in [0.3, 0.4) is 0 Å². The number of ether oxygens (including phenoxy) is 1. The van der Waals surface area contributed by atoms with Gasteiger partial charge in [-0.3, -0.25) is 4.98 Å². The summed E-state index contributed by atoms with van der Waals surface area (Å²) in [5.41, 5.74) is 1.67. The Morgan fingerprint density at radius 2 is 2.10 bits per heavy atom. The fourth-order valence-corrected chi connectivity index (χ4v) is 1.77. The minimum absolute atomic E-state index is 0.0539. The minimum atomic E-state index is -0.469. The van der Waals surface area contributed by atoms with Gasteiger partial charge in [-0.2, -0.15) is 0 Å². The van der Waals surface area contributed by atoms with Crippen molar-refractivity contribution >= 4 is 6.09 Å².